The fraction of sp³-hybridized carbons (Fsp3) is 0.300. The lowest BCUT2D eigenvalue weighted by molar-refractivity contribution is 0.0964. The molecule has 0 unspecified atom stereocenters. The number of carbonyl (C=O) groups excluding carboxylic acids is 2. The van der Waals surface area contributed by atoms with Crippen molar-refractivity contribution in [1.29, 1.82) is 0 Å². The quantitative estimate of drug-likeness (QED) is 0.743. The average Bonchev–Trinajstić information content (AvgIpc) is 2.68. The van der Waals surface area contributed by atoms with Crippen molar-refractivity contribution in [2.24, 2.45) is 0 Å². The molecule has 28 heavy (non-hydrogen) atoms. The number of sulfonamides is 1. The minimum atomic E-state index is -3.70. The van der Waals surface area contributed by atoms with E-state index in [1.54, 1.807) is 57.2 Å². The maximum atomic E-state index is 12.9. The minimum Gasteiger partial charge on any atom is -0.355 e. The summed E-state index contributed by atoms with van der Waals surface area (Å²) < 4.78 is 27.1. The molecule has 0 saturated heterocycles. The monoisotopic (exact) mass is 403 g/mol. The normalized spacial score (nSPS) is 11.3. The summed E-state index contributed by atoms with van der Waals surface area (Å²) in [6, 6.07) is 11.2. The first-order valence-electron chi connectivity index (χ1n) is 8.99. The van der Waals surface area contributed by atoms with E-state index in [1.807, 2.05) is 0 Å². The Morgan fingerprint density at radius 2 is 1.64 bits per heavy atom. The van der Waals surface area contributed by atoms with Gasteiger partial charge >= 0.3 is 0 Å². The number of aryl methyl sites for hydroxylation is 1. The Morgan fingerprint density at radius 3 is 2.25 bits per heavy atom. The summed E-state index contributed by atoms with van der Waals surface area (Å²) in [5.41, 5.74) is 1.43. The van der Waals surface area contributed by atoms with Gasteiger partial charge in [-0.05, 0) is 36.8 Å². The number of anilines is 1. The van der Waals surface area contributed by atoms with E-state index in [0.29, 0.717) is 29.9 Å². The van der Waals surface area contributed by atoms with Gasteiger partial charge in [0.15, 0.2) is 0 Å². The molecule has 0 radical (unpaired) electrons. The van der Waals surface area contributed by atoms with Crippen LogP contribution in [0.2, 0.25) is 0 Å². The molecule has 0 saturated carbocycles. The maximum Gasteiger partial charge on any atom is 0.255 e. The van der Waals surface area contributed by atoms with Crippen LogP contribution < -0.4 is 10.6 Å². The zero-order valence-electron chi connectivity index (χ0n) is 16.4. The van der Waals surface area contributed by atoms with Crippen molar-refractivity contribution in [3.63, 3.8) is 0 Å². The summed E-state index contributed by atoms with van der Waals surface area (Å²) in [5.74, 6) is -0.822. The molecule has 7 nitrogen and oxygen atoms in total. The van der Waals surface area contributed by atoms with Crippen molar-refractivity contribution in [2.45, 2.75) is 25.7 Å². The van der Waals surface area contributed by atoms with Gasteiger partial charge in [-0.25, -0.2) is 8.42 Å². The van der Waals surface area contributed by atoms with Gasteiger partial charge in [0.2, 0.25) is 10.0 Å². The fourth-order valence-electron chi connectivity index (χ4n) is 2.84. The number of hydrogen-bond donors (Lipinski definition) is 2. The molecule has 150 valence electrons. The van der Waals surface area contributed by atoms with E-state index in [9.17, 15) is 18.0 Å². The Bertz CT molecular complexity index is 983. The lowest BCUT2D eigenvalue weighted by Crippen LogP contribution is -2.31. The summed E-state index contributed by atoms with van der Waals surface area (Å²) in [6.45, 7) is 5.91. The summed E-state index contributed by atoms with van der Waals surface area (Å²) in [7, 11) is -2.19. The van der Waals surface area contributed by atoms with Crippen LogP contribution in [0.25, 0.3) is 0 Å². The standard InChI is InChI=1S/C20H25N3O4S/c1-5-23(6-2)28(26,27)18-13-15(12-11-14(18)3)19(24)22-17-10-8-7-9-16(17)20(25)21-4/h7-13H,5-6H2,1-4H3,(H,21,25)(H,22,24). The van der Waals surface area contributed by atoms with Crippen molar-refractivity contribution < 1.29 is 18.0 Å². The lowest BCUT2D eigenvalue weighted by Gasteiger charge is -2.20. The molecule has 0 bridgehead atoms. The Hall–Kier alpha value is -2.71. The molecule has 0 aliphatic rings. The number of carbonyl (C=O) groups is 2. The van der Waals surface area contributed by atoms with Crippen molar-refractivity contribution >= 4 is 27.5 Å². The van der Waals surface area contributed by atoms with E-state index >= 15 is 0 Å². The third-order valence-electron chi connectivity index (χ3n) is 4.42. The molecule has 0 aromatic heterocycles. The Kier molecular flexibility index (Phi) is 6.93. The second-order valence-electron chi connectivity index (χ2n) is 6.15. The molecule has 0 spiro atoms. The molecule has 0 heterocycles. The zero-order chi connectivity index (χ0) is 20.9. The van der Waals surface area contributed by atoms with Crippen LogP contribution >= 0.6 is 0 Å². The molecule has 2 N–H and O–H groups in total. The van der Waals surface area contributed by atoms with Crippen molar-refractivity contribution in [3.05, 3.63) is 59.2 Å². The smallest absolute Gasteiger partial charge is 0.255 e. The van der Waals surface area contributed by atoms with Crippen LogP contribution in [0.4, 0.5) is 5.69 Å². The predicted octanol–water partition coefficient (Wildman–Crippen LogP) is 2.64. The summed E-state index contributed by atoms with van der Waals surface area (Å²) in [6.07, 6.45) is 0. The second kappa shape index (κ2) is 8.99. The van der Waals surface area contributed by atoms with E-state index < -0.39 is 15.9 Å². The first-order chi connectivity index (χ1) is 13.3. The Morgan fingerprint density at radius 1 is 1.00 bits per heavy atom. The number of hydrogen-bond acceptors (Lipinski definition) is 4. The SMILES string of the molecule is CCN(CC)S(=O)(=O)c1cc(C(=O)Nc2ccccc2C(=O)NC)ccc1C. The number of amides is 2. The van der Waals surface area contributed by atoms with Gasteiger partial charge in [0.05, 0.1) is 16.1 Å². The van der Waals surface area contributed by atoms with Crippen molar-refractivity contribution in [1.82, 2.24) is 9.62 Å². The highest BCUT2D eigenvalue weighted by Crippen LogP contribution is 2.23. The summed E-state index contributed by atoms with van der Waals surface area (Å²) >= 11 is 0. The summed E-state index contributed by atoms with van der Waals surface area (Å²) in [5, 5.41) is 5.21. The second-order valence-corrected chi connectivity index (χ2v) is 8.05. The zero-order valence-corrected chi connectivity index (χ0v) is 17.3. The van der Waals surface area contributed by atoms with E-state index in [1.165, 1.54) is 17.4 Å². The third kappa shape index (κ3) is 4.40. The van der Waals surface area contributed by atoms with Gasteiger partial charge in [-0.15, -0.1) is 0 Å². The molecular formula is C20H25N3O4S. The fourth-order valence-corrected chi connectivity index (χ4v) is 4.55. The highest BCUT2D eigenvalue weighted by Gasteiger charge is 2.25. The molecule has 2 aromatic carbocycles. The van der Waals surface area contributed by atoms with Crippen LogP contribution in [0.3, 0.4) is 0 Å². The molecule has 2 rings (SSSR count). The van der Waals surface area contributed by atoms with Gasteiger partial charge in [-0.1, -0.05) is 32.0 Å². The average molecular weight is 404 g/mol. The van der Waals surface area contributed by atoms with Crippen LogP contribution in [0.15, 0.2) is 47.4 Å². The van der Waals surface area contributed by atoms with Crippen LogP contribution in [0.1, 0.15) is 40.1 Å². The number of nitrogens with one attached hydrogen (secondary N) is 2. The number of rotatable bonds is 7. The molecule has 0 aliphatic heterocycles. The van der Waals surface area contributed by atoms with E-state index in [2.05, 4.69) is 10.6 Å². The van der Waals surface area contributed by atoms with Crippen LogP contribution in [-0.4, -0.2) is 44.7 Å². The minimum absolute atomic E-state index is 0.100. The highest BCUT2D eigenvalue weighted by molar-refractivity contribution is 7.89. The molecule has 0 atom stereocenters. The molecule has 0 aliphatic carbocycles. The number of benzene rings is 2. The first-order valence-corrected chi connectivity index (χ1v) is 10.4. The molecule has 0 fully saturated rings. The predicted molar refractivity (Wildman–Crippen MR) is 109 cm³/mol. The van der Waals surface area contributed by atoms with Gasteiger partial charge in [0.1, 0.15) is 0 Å². The van der Waals surface area contributed by atoms with Crippen LogP contribution in [-0.2, 0) is 10.0 Å². The van der Waals surface area contributed by atoms with Gasteiger partial charge in [-0.3, -0.25) is 9.59 Å². The van der Waals surface area contributed by atoms with Gasteiger partial charge in [-0.2, -0.15) is 4.31 Å². The van der Waals surface area contributed by atoms with Crippen molar-refractivity contribution in [3.8, 4) is 0 Å². The molecule has 8 heteroatoms. The van der Waals surface area contributed by atoms with E-state index in [0.717, 1.165) is 0 Å². The number of para-hydroxylation sites is 1. The van der Waals surface area contributed by atoms with Crippen LogP contribution in [0.5, 0.6) is 0 Å². The maximum absolute atomic E-state index is 12.9. The topological polar surface area (TPSA) is 95.6 Å². The van der Waals surface area contributed by atoms with Gasteiger partial charge in [0.25, 0.3) is 11.8 Å². The number of nitrogens with zero attached hydrogens (tertiary/aromatic N) is 1. The molecule has 2 aromatic rings. The van der Waals surface area contributed by atoms with Gasteiger partial charge < -0.3 is 10.6 Å². The van der Waals surface area contributed by atoms with Gasteiger partial charge in [0, 0.05) is 25.7 Å². The highest BCUT2D eigenvalue weighted by atomic mass is 32.2. The van der Waals surface area contributed by atoms with E-state index in [-0.39, 0.29) is 16.4 Å². The third-order valence-corrected chi connectivity index (χ3v) is 6.61. The van der Waals surface area contributed by atoms with Crippen LogP contribution in [0, 0.1) is 6.92 Å². The van der Waals surface area contributed by atoms with E-state index in [4.69, 9.17) is 0 Å². The Balaban J connectivity index is 2.40. The lowest BCUT2D eigenvalue weighted by atomic mass is 10.1. The summed E-state index contributed by atoms with van der Waals surface area (Å²) in [4.78, 5) is 24.8. The van der Waals surface area contributed by atoms with Crippen molar-refractivity contribution in [2.75, 3.05) is 25.5 Å². The molecule has 2 amide bonds. The first kappa shape index (κ1) is 21.6. The Labute approximate surface area is 165 Å². The largest absolute Gasteiger partial charge is 0.355 e. The molecular weight excluding hydrogens is 378 g/mol.